The van der Waals surface area contributed by atoms with E-state index in [1.54, 1.807) is 12.1 Å². The van der Waals surface area contributed by atoms with Crippen LogP contribution in [0.3, 0.4) is 0 Å². The Balaban J connectivity index is 2.46. The predicted molar refractivity (Wildman–Crippen MR) is 82.8 cm³/mol. The first-order valence-corrected chi connectivity index (χ1v) is 7.64. The highest BCUT2D eigenvalue weighted by molar-refractivity contribution is 9.10. The number of benzene rings is 2. The van der Waals surface area contributed by atoms with E-state index in [1.165, 1.54) is 6.07 Å². The third-order valence-corrected chi connectivity index (χ3v) is 3.84. The van der Waals surface area contributed by atoms with Gasteiger partial charge < -0.3 is 4.74 Å². The zero-order chi connectivity index (χ0) is 15.6. The van der Waals surface area contributed by atoms with Crippen LogP contribution in [0.5, 0.6) is 5.75 Å². The van der Waals surface area contributed by atoms with E-state index < -0.39 is 23.0 Å². The van der Waals surface area contributed by atoms with E-state index in [0.29, 0.717) is 16.8 Å². The second-order valence-electron chi connectivity index (χ2n) is 4.15. The Hall–Kier alpha value is -1.27. The summed E-state index contributed by atoms with van der Waals surface area (Å²) in [5.41, 5.74) is -0.415. The molecule has 0 saturated carbocycles. The molecule has 0 atom stereocenters. The topological polar surface area (TPSA) is 26.3 Å². The van der Waals surface area contributed by atoms with Crippen molar-refractivity contribution in [1.82, 2.24) is 0 Å². The Morgan fingerprint density at radius 3 is 2.29 bits per heavy atom. The average molecular weight is 420 g/mol. The maximum absolute atomic E-state index is 13.8. The van der Waals surface area contributed by atoms with Crippen LogP contribution in [0.15, 0.2) is 39.3 Å². The molecule has 2 aromatic rings. The summed E-state index contributed by atoms with van der Waals surface area (Å²) in [6.45, 7) is 2.31. The highest BCUT2D eigenvalue weighted by atomic mass is 79.9. The Morgan fingerprint density at radius 1 is 1.14 bits per heavy atom. The minimum atomic E-state index is -0.910. The van der Waals surface area contributed by atoms with Gasteiger partial charge in [-0.3, -0.25) is 4.79 Å². The zero-order valence-corrected chi connectivity index (χ0v) is 14.1. The van der Waals surface area contributed by atoms with Crippen LogP contribution in [0.25, 0.3) is 0 Å². The van der Waals surface area contributed by atoms with Crippen LogP contribution in [0.1, 0.15) is 22.8 Å². The predicted octanol–water partition coefficient (Wildman–Crippen LogP) is 5.12. The maximum Gasteiger partial charge on any atom is 0.200 e. The molecule has 2 nitrogen and oxygen atoms in total. The fraction of sp³-hybridized carbons (Fsp3) is 0.133. The van der Waals surface area contributed by atoms with Crippen LogP contribution < -0.4 is 4.74 Å². The lowest BCUT2D eigenvalue weighted by atomic mass is 10.0. The molecule has 6 heteroatoms. The first-order chi connectivity index (χ1) is 9.93. The monoisotopic (exact) mass is 418 g/mol. The molecule has 0 aliphatic heterocycles. The number of halogens is 4. The Kier molecular flexibility index (Phi) is 5.11. The van der Waals surface area contributed by atoms with E-state index in [2.05, 4.69) is 31.9 Å². The first-order valence-electron chi connectivity index (χ1n) is 6.05. The number of carbonyl (C=O) groups is 1. The number of rotatable bonds is 4. The van der Waals surface area contributed by atoms with Crippen LogP contribution >= 0.6 is 31.9 Å². The maximum atomic E-state index is 13.8. The van der Waals surface area contributed by atoms with Crippen molar-refractivity contribution in [2.45, 2.75) is 6.92 Å². The summed E-state index contributed by atoms with van der Waals surface area (Å²) in [7, 11) is 0. The van der Waals surface area contributed by atoms with Gasteiger partial charge in [0, 0.05) is 14.5 Å². The van der Waals surface area contributed by atoms with Gasteiger partial charge in [-0.25, -0.2) is 8.78 Å². The zero-order valence-electron chi connectivity index (χ0n) is 10.9. The van der Waals surface area contributed by atoms with Gasteiger partial charge in [0.25, 0.3) is 0 Å². The second kappa shape index (κ2) is 6.66. The molecule has 0 N–H and O–H groups in total. The Labute approximate surface area is 137 Å². The number of carbonyl (C=O) groups excluding carboxylic acids is 1. The summed E-state index contributed by atoms with van der Waals surface area (Å²) >= 11 is 6.20. The minimum Gasteiger partial charge on any atom is -0.494 e. The summed E-state index contributed by atoms with van der Waals surface area (Å²) in [4.78, 5) is 12.3. The van der Waals surface area contributed by atoms with E-state index in [0.717, 1.165) is 12.1 Å². The van der Waals surface area contributed by atoms with Gasteiger partial charge in [-0.05, 0) is 53.2 Å². The van der Waals surface area contributed by atoms with Crippen molar-refractivity contribution >= 4 is 37.6 Å². The molecule has 0 aliphatic carbocycles. The third kappa shape index (κ3) is 3.49. The molecule has 2 rings (SSSR count). The lowest BCUT2D eigenvalue weighted by Gasteiger charge is -2.09. The number of ketones is 1. The summed E-state index contributed by atoms with van der Waals surface area (Å²) in [5.74, 6) is -1.98. The van der Waals surface area contributed by atoms with Crippen molar-refractivity contribution in [2.24, 2.45) is 0 Å². The van der Waals surface area contributed by atoms with Crippen molar-refractivity contribution < 1.29 is 18.3 Å². The summed E-state index contributed by atoms with van der Waals surface area (Å²) < 4.78 is 33.6. The van der Waals surface area contributed by atoms with Gasteiger partial charge in [0.05, 0.1) is 12.2 Å². The van der Waals surface area contributed by atoms with Gasteiger partial charge in [-0.2, -0.15) is 0 Å². The van der Waals surface area contributed by atoms with Crippen molar-refractivity contribution in [3.05, 3.63) is 62.0 Å². The number of hydrogen-bond acceptors (Lipinski definition) is 2. The van der Waals surface area contributed by atoms with Crippen molar-refractivity contribution in [2.75, 3.05) is 6.61 Å². The first kappa shape index (κ1) is 16.1. The molecular weight excluding hydrogens is 410 g/mol. The van der Waals surface area contributed by atoms with Gasteiger partial charge in [-0.1, -0.05) is 15.9 Å². The Morgan fingerprint density at radius 2 is 1.76 bits per heavy atom. The molecule has 0 aliphatic rings. The fourth-order valence-electron chi connectivity index (χ4n) is 1.83. The normalized spacial score (nSPS) is 10.5. The molecule has 0 bridgehead atoms. The lowest BCUT2D eigenvalue weighted by molar-refractivity contribution is 0.103. The second-order valence-corrected chi connectivity index (χ2v) is 5.92. The quantitative estimate of drug-likeness (QED) is 0.643. The summed E-state index contributed by atoms with van der Waals surface area (Å²) in [6.07, 6.45) is 0. The van der Waals surface area contributed by atoms with Gasteiger partial charge in [0.2, 0.25) is 0 Å². The fourth-order valence-corrected chi connectivity index (χ4v) is 2.77. The van der Waals surface area contributed by atoms with Crippen molar-refractivity contribution in [1.29, 1.82) is 0 Å². The summed E-state index contributed by atoms with van der Waals surface area (Å²) in [5, 5.41) is 0. The van der Waals surface area contributed by atoms with Crippen LogP contribution in [-0.2, 0) is 0 Å². The average Bonchev–Trinajstić information content (AvgIpc) is 2.37. The molecule has 21 heavy (non-hydrogen) atoms. The molecule has 0 saturated heterocycles. The lowest BCUT2D eigenvalue weighted by Crippen LogP contribution is -2.08. The van der Waals surface area contributed by atoms with E-state index >= 15 is 0 Å². The molecule has 0 amide bonds. The minimum absolute atomic E-state index is 0.165. The largest absolute Gasteiger partial charge is 0.494 e. The van der Waals surface area contributed by atoms with Crippen molar-refractivity contribution in [3.63, 3.8) is 0 Å². The molecule has 0 unspecified atom stereocenters. The molecule has 0 fully saturated rings. The molecule has 110 valence electrons. The third-order valence-electron chi connectivity index (χ3n) is 2.73. The van der Waals surface area contributed by atoms with Crippen molar-refractivity contribution in [3.8, 4) is 5.75 Å². The van der Waals surface area contributed by atoms with E-state index in [9.17, 15) is 13.6 Å². The van der Waals surface area contributed by atoms with Crippen LogP contribution in [0, 0.1) is 11.6 Å². The molecule has 0 radical (unpaired) electrons. The highest BCUT2D eigenvalue weighted by Gasteiger charge is 2.22. The molecule has 0 aromatic heterocycles. The standard InChI is InChI=1S/C15H10Br2F2O2/c1-2-21-9-3-4-10(11(17)7-9)15(20)14-12(18)5-8(16)6-13(14)19/h3-7H,2H2,1H3. The molecule has 0 heterocycles. The van der Waals surface area contributed by atoms with E-state index in [1.807, 2.05) is 6.92 Å². The van der Waals surface area contributed by atoms with E-state index in [-0.39, 0.29) is 10.0 Å². The molecule has 0 spiro atoms. The van der Waals surface area contributed by atoms with Crippen LogP contribution in [-0.4, -0.2) is 12.4 Å². The molecular formula is C15H10Br2F2O2. The Bertz CT molecular complexity index is 679. The SMILES string of the molecule is CCOc1ccc(C(=O)c2c(F)cc(Br)cc2F)c(Br)c1. The smallest absolute Gasteiger partial charge is 0.200 e. The number of hydrogen-bond donors (Lipinski definition) is 0. The van der Waals surface area contributed by atoms with Gasteiger partial charge in [0.15, 0.2) is 5.78 Å². The van der Waals surface area contributed by atoms with E-state index in [4.69, 9.17) is 4.74 Å². The summed E-state index contributed by atoms with van der Waals surface area (Å²) in [6, 6.07) is 6.75. The van der Waals surface area contributed by atoms with Gasteiger partial charge >= 0.3 is 0 Å². The van der Waals surface area contributed by atoms with Gasteiger partial charge in [0.1, 0.15) is 17.4 Å². The number of ether oxygens (including phenoxy) is 1. The molecule has 2 aromatic carbocycles. The van der Waals surface area contributed by atoms with Crippen LogP contribution in [0.4, 0.5) is 8.78 Å². The van der Waals surface area contributed by atoms with Crippen LogP contribution in [0.2, 0.25) is 0 Å². The van der Waals surface area contributed by atoms with Gasteiger partial charge in [-0.15, -0.1) is 0 Å². The highest BCUT2D eigenvalue weighted by Crippen LogP contribution is 2.28.